The summed E-state index contributed by atoms with van der Waals surface area (Å²) >= 11 is 5.69. The molecule has 1 aromatic carbocycles. The highest BCUT2D eigenvalue weighted by Crippen LogP contribution is 2.26. The monoisotopic (exact) mass is 290 g/mol. The number of hydrogen-bond acceptors (Lipinski definition) is 3. The Morgan fingerprint density at radius 3 is 2.72 bits per heavy atom. The summed E-state index contributed by atoms with van der Waals surface area (Å²) in [6.07, 6.45) is 5.59. The smallest absolute Gasteiger partial charge is 0.243 e. The maximum absolute atomic E-state index is 13.1. The van der Waals surface area contributed by atoms with Crippen molar-refractivity contribution in [3.8, 4) is 12.3 Å². The third-order valence-electron chi connectivity index (χ3n) is 2.25. The number of sulfonamides is 1. The second-order valence-corrected chi connectivity index (χ2v) is 5.64. The summed E-state index contributed by atoms with van der Waals surface area (Å²) in [4.78, 5) is -0.295. The van der Waals surface area contributed by atoms with E-state index in [1.54, 1.807) is 6.92 Å². The average Bonchev–Trinajstić information content (AvgIpc) is 2.30. The van der Waals surface area contributed by atoms with Crippen molar-refractivity contribution in [1.82, 2.24) is 4.72 Å². The first kappa shape index (κ1) is 14.8. The lowest BCUT2D eigenvalue weighted by molar-refractivity contribution is 0.570. The Bertz CT molecular complexity index is 596. The van der Waals surface area contributed by atoms with Gasteiger partial charge in [-0.3, -0.25) is 0 Å². The van der Waals surface area contributed by atoms with Crippen LogP contribution in [0.25, 0.3) is 0 Å². The van der Waals surface area contributed by atoms with Gasteiger partial charge in [0.25, 0.3) is 0 Å². The number of nitrogens with two attached hydrogens (primary N) is 1. The van der Waals surface area contributed by atoms with Gasteiger partial charge in [-0.05, 0) is 18.6 Å². The highest BCUT2D eigenvalue weighted by molar-refractivity contribution is 7.89. The van der Waals surface area contributed by atoms with Crippen molar-refractivity contribution < 1.29 is 12.8 Å². The fraction of sp³-hybridized carbons (Fsp3) is 0.273. The van der Waals surface area contributed by atoms with Gasteiger partial charge in [-0.1, -0.05) is 24.4 Å². The van der Waals surface area contributed by atoms with Crippen LogP contribution in [0.5, 0.6) is 0 Å². The maximum Gasteiger partial charge on any atom is 0.243 e. The van der Waals surface area contributed by atoms with E-state index in [1.165, 1.54) is 0 Å². The molecule has 0 aliphatic heterocycles. The van der Waals surface area contributed by atoms with E-state index in [0.717, 1.165) is 12.1 Å². The number of rotatable bonds is 4. The highest BCUT2D eigenvalue weighted by atomic mass is 35.5. The summed E-state index contributed by atoms with van der Waals surface area (Å²) in [5.74, 6) is 1.51. The molecule has 0 spiro atoms. The molecule has 98 valence electrons. The second kappa shape index (κ2) is 5.57. The first-order valence-electron chi connectivity index (χ1n) is 5.04. The zero-order valence-corrected chi connectivity index (χ0v) is 11.1. The van der Waals surface area contributed by atoms with Gasteiger partial charge in [-0.15, -0.1) is 6.42 Å². The molecule has 1 aromatic rings. The zero-order valence-electron chi connectivity index (χ0n) is 9.57. The first-order chi connectivity index (χ1) is 8.31. The van der Waals surface area contributed by atoms with Crippen LogP contribution in [0.15, 0.2) is 17.0 Å². The Morgan fingerprint density at radius 2 is 2.22 bits per heavy atom. The summed E-state index contributed by atoms with van der Waals surface area (Å²) in [5, 5.41) is -0.249. The number of hydrogen-bond donors (Lipinski definition) is 2. The molecule has 4 nitrogen and oxygen atoms in total. The van der Waals surface area contributed by atoms with Crippen molar-refractivity contribution >= 4 is 27.3 Å². The summed E-state index contributed by atoms with van der Waals surface area (Å²) < 4.78 is 39.3. The fourth-order valence-electron chi connectivity index (χ4n) is 1.24. The number of nitrogen functional groups attached to an aromatic ring is 1. The molecule has 7 heteroatoms. The molecule has 3 N–H and O–H groups in total. The topological polar surface area (TPSA) is 72.2 Å². The molecule has 1 atom stereocenters. The molecular formula is C11H12ClFN2O2S. The molecule has 0 radical (unpaired) electrons. The van der Waals surface area contributed by atoms with Gasteiger partial charge in [0.1, 0.15) is 10.7 Å². The Labute approximate surface area is 110 Å². The van der Waals surface area contributed by atoms with Crippen LogP contribution in [-0.2, 0) is 10.0 Å². The van der Waals surface area contributed by atoms with Gasteiger partial charge in [0.05, 0.1) is 16.8 Å². The predicted octanol–water partition coefficient (Wildman–Crippen LogP) is 1.75. The normalized spacial score (nSPS) is 13.0. The number of benzene rings is 1. The van der Waals surface area contributed by atoms with Crippen LogP contribution in [0.1, 0.15) is 13.3 Å². The molecule has 0 fully saturated rings. The van der Waals surface area contributed by atoms with Gasteiger partial charge >= 0.3 is 0 Å². The molecule has 0 aliphatic carbocycles. The highest BCUT2D eigenvalue weighted by Gasteiger charge is 2.22. The fourth-order valence-corrected chi connectivity index (χ4v) is 3.03. The van der Waals surface area contributed by atoms with Crippen LogP contribution in [0.2, 0.25) is 5.02 Å². The van der Waals surface area contributed by atoms with E-state index in [4.69, 9.17) is 23.8 Å². The Kier molecular flexibility index (Phi) is 4.57. The Hall–Kier alpha value is -1.29. The van der Waals surface area contributed by atoms with Gasteiger partial charge in [0.15, 0.2) is 0 Å². The standard InChI is InChI=1S/C11H12ClFN2O2S/c1-3-7(4-2)15-18(16,17)11-6-10(14)9(13)5-8(11)12/h1,5-7,15H,4,14H2,2H3. The van der Waals surface area contributed by atoms with Crippen LogP contribution in [0, 0.1) is 18.2 Å². The lowest BCUT2D eigenvalue weighted by Gasteiger charge is -2.13. The molecule has 1 rings (SSSR count). The first-order valence-corrected chi connectivity index (χ1v) is 6.91. The number of halogens is 2. The van der Waals surface area contributed by atoms with Crippen molar-refractivity contribution in [2.24, 2.45) is 0 Å². The third kappa shape index (κ3) is 3.13. The minimum absolute atomic E-state index is 0.249. The van der Waals surface area contributed by atoms with Crippen LogP contribution in [0.4, 0.5) is 10.1 Å². The summed E-state index contributed by atoms with van der Waals surface area (Å²) in [7, 11) is -3.92. The minimum Gasteiger partial charge on any atom is -0.396 e. The van der Waals surface area contributed by atoms with Crippen molar-refractivity contribution in [3.05, 3.63) is 23.0 Å². The van der Waals surface area contributed by atoms with Crippen LogP contribution in [-0.4, -0.2) is 14.5 Å². The number of anilines is 1. The van der Waals surface area contributed by atoms with E-state index in [0.29, 0.717) is 6.42 Å². The SMILES string of the molecule is C#CC(CC)NS(=O)(=O)c1cc(N)c(F)cc1Cl. The van der Waals surface area contributed by atoms with Gasteiger partial charge in [-0.25, -0.2) is 12.8 Å². The third-order valence-corrected chi connectivity index (χ3v) is 4.18. The molecule has 0 amide bonds. The quantitative estimate of drug-likeness (QED) is 0.655. The van der Waals surface area contributed by atoms with Gasteiger partial charge < -0.3 is 5.73 Å². The zero-order chi connectivity index (χ0) is 13.9. The molecule has 0 aromatic heterocycles. The van der Waals surface area contributed by atoms with E-state index in [2.05, 4.69) is 10.6 Å². The van der Waals surface area contributed by atoms with Crippen molar-refractivity contribution in [3.63, 3.8) is 0 Å². The van der Waals surface area contributed by atoms with Gasteiger partial charge in [0, 0.05) is 0 Å². The lowest BCUT2D eigenvalue weighted by atomic mass is 10.3. The largest absolute Gasteiger partial charge is 0.396 e. The van der Waals surface area contributed by atoms with E-state index < -0.39 is 21.9 Å². The molecule has 1 unspecified atom stereocenters. The molecule has 0 saturated heterocycles. The van der Waals surface area contributed by atoms with Gasteiger partial charge in [0.2, 0.25) is 10.0 Å². The average molecular weight is 291 g/mol. The summed E-state index contributed by atoms with van der Waals surface area (Å²) in [6.45, 7) is 1.73. The molecular weight excluding hydrogens is 279 g/mol. The van der Waals surface area contributed by atoms with E-state index in [9.17, 15) is 12.8 Å². The molecule has 0 aliphatic rings. The lowest BCUT2D eigenvalue weighted by Crippen LogP contribution is -2.33. The predicted molar refractivity (Wildman–Crippen MR) is 69.1 cm³/mol. The van der Waals surface area contributed by atoms with Crippen LogP contribution < -0.4 is 10.5 Å². The van der Waals surface area contributed by atoms with Crippen LogP contribution >= 0.6 is 11.6 Å². The molecule has 18 heavy (non-hydrogen) atoms. The molecule has 0 saturated carbocycles. The number of terminal acetylenes is 1. The maximum atomic E-state index is 13.1. The molecule has 0 heterocycles. The summed E-state index contributed by atoms with van der Waals surface area (Å²) in [6, 6.07) is 1.16. The number of nitrogens with one attached hydrogen (secondary N) is 1. The van der Waals surface area contributed by atoms with E-state index in [1.807, 2.05) is 0 Å². The summed E-state index contributed by atoms with van der Waals surface area (Å²) in [5.41, 5.74) is 5.02. The molecule has 0 bridgehead atoms. The van der Waals surface area contributed by atoms with Crippen LogP contribution in [0.3, 0.4) is 0 Å². The Balaban J connectivity index is 3.22. The van der Waals surface area contributed by atoms with Crippen molar-refractivity contribution in [2.75, 3.05) is 5.73 Å². The van der Waals surface area contributed by atoms with Gasteiger partial charge in [-0.2, -0.15) is 4.72 Å². The Morgan fingerprint density at radius 1 is 1.61 bits per heavy atom. The van der Waals surface area contributed by atoms with Crippen molar-refractivity contribution in [1.29, 1.82) is 0 Å². The second-order valence-electron chi connectivity index (χ2n) is 3.55. The van der Waals surface area contributed by atoms with Crippen molar-refractivity contribution in [2.45, 2.75) is 24.3 Å². The van der Waals surface area contributed by atoms with E-state index >= 15 is 0 Å². The minimum atomic E-state index is -3.92. The van der Waals surface area contributed by atoms with E-state index in [-0.39, 0.29) is 15.6 Å².